The Kier molecular flexibility index (Phi) is 2.63. The maximum absolute atomic E-state index is 5.08. The van der Waals surface area contributed by atoms with E-state index in [4.69, 9.17) is 4.52 Å². The van der Waals surface area contributed by atoms with Gasteiger partial charge in [0.25, 0.3) is 5.89 Å². The average Bonchev–Trinajstić information content (AvgIpc) is 2.65. The molecule has 0 fully saturated rings. The summed E-state index contributed by atoms with van der Waals surface area (Å²) in [6.45, 7) is 2.10. The van der Waals surface area contributed by atoms with Gasteiger partial charge < -0.3 is 4.52 Å². The van der Waals surface area contributed by atoms with Crippen molar-refractivity contribution in [2.24, 2.45) is 0 Å². The van der Waals surface area contributed by atoms with E-state index in [1.807, 2.05) is 18.2 Å². The molecule has 1 heterocycles. The van der Waals surface area contributed by atoms with Crippen LogP contribution >= 0.6 is 15.9 Å². The number of benzene rings is 1. The Bertz CT molecular complexity index is 439. The Hall–Kier alpha value is -1.16. The molecule has 2 aromatic rings. The van der Waals surface area contributed by atoms with E-state index >= 15 is 0 Å². The molecule has 1 aromatic heterocycles. The molecule has 0 aliphatic carbocycles. The lowest BCUT2D eigenvalue weighted by atomic mass is 10.1. The van der Waals surface area contributed by atoms with Gasteiger partial charge in [-0.25, -0.2) is 0 Å². The monoisotopic (exact) mass is 252 g/mol. The van der Waals surface area contributed by atoms with Crippen LogP contribution in [0.25, 0.3) is 11.5 Å². The second-order valence-corrected chi connectivity index (χ2v) is 3.59. The fraction of sp³-hybridized carbons (Fsp3) is 0.200. The lowest BCUT2D eigenvalue weighted by molar-refractivity contribution is 0.426. The summed E-state index contributed by atoms with van der Waals surface area (Å²) in [5, 5.41) is 3.70. The molecule has 1 aromatic carbocycles. The van der Waals surface area contributed by atoms with Gasteiger partial charge in [-0.1, -0.05) is 25.1 Å². The van der Waals surface area contributed by atoms with Crippen LogP contribution < -0.4 is 0 Å². The van der Waals surface area contributed by atoms with Crippen LogP contribution in [0.1, 0.15) is 12.5 Å². The summed E-state index contributed by atoms with van der Waals surface area (Å²) in [5.74, 6) is 0.564. The predicted octanol–water partition coefficient (Wildman–Crippen LogP) is 3.06. The Balaban J connectivity index is 2.50. The first kappa shape index (κ1) is 9.40. The van der Waals surface area contributed by atoms with Crippen molar-refractivity contribution in [1.82, 2.24) is 10.1 Å². The van der Waals surface area contributed by atoms with Crippen LogP contribution in [0.4, 0.5) is 0 Å². The number of nitrogens with zero attached hydrogens (tertiary/aromatic N) is 2. The summed E-state index contributed by atoms with van der Waals surface area (Å²) in [7, 11) is 0. The highest BCUT2D eigenvalue weighted by Gasteiger charge is 2.09. The average molecular weight is 253 g/mol. The molecule has 72 valence electrons. The summed E-state index contributed by atoms with van der Waals surface area (Å²) < 4.78 is 5.57. The van der Waals surface area contributed by atoms with Crippen molar-refractivity contribution in [2.75, 3.05) is 0 Å². The van der Waals surface area contributed by atoms with Crippen molar-refractivity contribution >= 4 is 15.9 Å². The van der Waals surface area contributed by atoms with Gasteiger partial charge in [-0.3, -0.25) is 0 Å². The van der Waals surface area contributed by atoms with Gasteiger partial charge >= 0.3 is 0 Å². The quantitative estimate of drug-likeness (QED) is 0.825. The molecule has 0 saturated carbocycles. The third-order valence-electron chi connectivity index (χ3n) is 2.03. The maximum atomic E-state index is 5.08. The number of halogens is 1. The van der Waals surface area contributed by atoms with Crippen molar-refractivity contribution in [3.63, 3.8) is 0 Å². The van der Waals surface area contributed by atoms with Crippen LogP contribution in [0.2, 0.25) is 0 Å². The van der Waals surface area contributed by atoms with Crippen molar-refractivity contribution < 1.29 is 4.52 Å². The Labute approximate surface area is 90.3 Å². The molecule has 0 saturated heterocycles. The third-order valence-corrected chi connectivity index (χ3v) is 2.35. The van der Waals surface area contributed by atoms with Crippen LogP contribution in [0.3, 0.4) is 0 Å². The molecule has 0 spiro atoms. The second-order valence-electron chi connectivity index (χ2n) is 2.88. The first-order valence-corrected chi connectivity index (χ1v) is 5.18. The lowest BCUT2D eigenvalue weighted by Gasteiger charge is -2.01. The minimum atomic E-state index is 0.485. The molecule has 0 atom stereocenters. The maximum Gasteiger partial charge on any atom is 0.258 e. The van der Waals surface area contributed by atoms with Crippen molar-refractivity contribution in [3.05, 3.63) is 34.6 Å². The zero-order valence-electron chi connectivity index (χ0n) is 7.70. The summed E-state index contributed by atoms with van der Waals surface area (Å²) in [5.41, 5.74) is 2.22. The van der Waals surface area contributed by atoms with Crippen LogP contribution in [0.5, 0.6) is 0 Å². The van der Waals surface area contributed by atoms with E-state index in [1.54, 1.807) is 0 Å². The molecule has 0 radical (unpaired) electrons. The first-order chi connectivity index (χ1) is 6.81. The van der Waals surface area contributed by atoms with Crippen LogP contribution in [-0.4, -0.2) is 10.1 Å². The zero-order chi connectivity index (χ0) is 9.97. The molecule has 0 N–H and O–H groups in total. The van der Waals surface area contributed by atoms with E-state index in [2.05, 4.69) is 39.1 Å². The number of aryl methyl sites for hydroxylation is 1. The molecule has 0 amide bonds. The zero-order valence-corrected chi connectivity index (χ0v) is 9.28. The molecule has 0 aliphatic heterocycles. The Morgan fingerprint density at radius 1 is 1.36 bits per heavy atom. The van der Waals surface area contributed by atoms with Gasteiger partial charge in [0.1, 0.15) is 0 Å². The highest BCUT2D eigenvalue weighted by Crippen LogP contribution is 2.23. The first-order valence-electron chi connectivity index (χ1n) is 4.38. The molecule has 2 rings (SSSR count). The van der Waals surface area contributed by atoms with Gasteiger partial charge in [0.05, 0.1) is 0 Å². The topological polar surface area (TPSA) is 38.9 Å². The number of aromatic nitrogens is 2. The predicted molar refractivity (Wildman–Crippen MR) is 56.8 cm³/mol. The van der Waals surface area contributed by atoms with Gasteiger partial charge in [-0.15, -0.1) is 0 Å². The SMILES string of the molecule is CCc1ccccc1-c1nc(Br)no1. The van der Waals surface area contributed by atoms with Gasteiger partial charge in [-0.2, -0.15) is 4.98 Å². The van der Waals surface area contributed by atoms with Crippen LogP contribution in [0, 0.1) is 0 Å². The normalized spacial score (nSPS) is 10.4. The molecule has 14 heavy (non-hydrogen) atoms. The number of hydrogen-bond acceptors (Lipinski definition) is 3. The second kappa shape index (κ2) is 3.92. The minimum Gasteiger partial charge on any atom is -0.333 e. The van der Waals surface area contributed by atoms with Crippen molar-refractivity contribution in [3.8, 4) is 11.5 Å². The van der Waals surface area contributed by atoms with E-state index in [-0.39, 0.29) is 0 Å². The van der Waals surface area contributed by atoms with Crippen molar-refractivity contribution in [2.45, 2.75) is 13.3 Å². The summed E-state index contributed by atoms with van der Waals surface area (Å²) >= 11 is 3.16. The van der Waals surface area contributed by atoms with Crippen LogP contribution in [-0.2, 0) is 6.42 Å². The number of hydrogen-bond donors (Lipinski definition) is 0. The van der Waals surface area contributed by atoms with E-state index in [0.717, 1.165) is 12.0 Å². The smallest absolute Gasteiger partial charge is 0.258 e. The molecule has 0 unspecified atom stereocenters. The largest absolute Gasteiger partial charge is 0.333 e. The minimum absolute atomic E-state index is 0.485. The molecular weight excluding hydrogens is 244 g/mol. The van der Waals surface area contributed by atoms with E-state index < -0.39 is 0 Å². The van der Waals surface area contributed by atoms with E-state index in [9.17, 15) is 0 Å². The Morgan fingerprint density at radius 3 is 2.79 bits per heavy atom. The standard InChI is InChI=1S/C10H9BrN2O/c1-2-7-5-3-4-6-8(7)9-12-10(11)13-14-9/h3-6H,2H2,1H3. The van der Waals surface area contributed by atoms with Crippen molar-refractivity contribution in [1.29, 1.82) is 0 Å². The van der Waals surface area contributed by atoms with Gasteiger partial charge in [0.2, 0.25) is 4.73 Å². The van der Waals surface area contributed by atoms with Crippen LogP contribution in [0.15, 0.2) is 33.5 Å². The summed E-state index contributed by atoms with van der Waals surface area (Å²) in [6, 6.07) is 8.02. The molecule has 0 aliphatic rings. The fourth-order valence-electron chi connectivity index (χ4n) is 1.35. The van der Waals surface area contributed by atoms with E-state index in [1.165, 1.54) is 5.56 Å². The fourth-order valence-corrected chi connectivity index (χ4v) is 1.59. The highest BCUT2D eigenvalue weighted by molar-refractivity contribution is 9.10. The lowest BCUT2D eigenvalue weighted by Crippen LogP contribution is -1.86. The summed E-state index contributed by atoms with van der Waals surface area (Å²) in [4.78, 5) is 4.13. The van der Waals surface area contributed by atoms with Gasteiger partial charge in [0, 0.05) is 5.56 Å². The molecule has 3 nitrogen and oxygen atoms in total. The van der Waals surface area contributed by atoms with E-state index in [0.29, 0.717) is 10.6 Å². The highest BCUT2D eigenvalue weighted by atomic mass is 79.9. The molecule has 4 heteroatoms. The molecule has 0 bridgehead atoms. The van der Waals surface area contributed by atoms with Gasteiger partial charge in [-0.05, 0) is 39.1 Å². The van der Waals surface area contributed by atoms with Gasteiger partial charge in [0.15, 0.2) is 0 Å². The number of rotatable bonds is 2. The molecular formula is C10H9BrN2O. The summed E-state index contributed by atoms with van der Waals surface area (Å²) in [6.07, 6.45) is 0.955. The third kappa shape index (κ3) is 1.70. The Morgan fingerprint density at radius 2 is 2.14 bits per heavy atom.